The van der Waals surface area contributed by atoms with Crippen molar-refractivity contribution in [1.29, 1.82) is 0 Å². The molecule has 1 unspecified atom stereocenters. The number of halogens is 2. The summed E-state index contributed by atoms with van der Waals surface area (Å²) in [4.78, 5) is 0. The lowest BCUT2D eigenvalue weighted by Crippen LogP contribution is -1.99. The maximum atomic E-state index is 10.5. The fourth-order valence-electron chi connectivity index (χ4n) is 2.01. The van der Waals surface area contributed by atoms with E-state index in [0.29, 0.717) is 5.76 Å². The lowest BCUT2D eigenvalue weighted by atomic mass is 10.1. The lowest BCUT2D eigenvalue weighted by molar-refractivity contribution is 0.191. The van der Waals surface area contributed by atoms with Gasteiger partial charge in [0, 0.05) is 19.9 Å². The van der Waals surface area contributed by atoms with Crippen LogP contribution in [0.25, 0.3) is 11.0 Å². The van der Waals surface area contributed by atoms with Crippen molar-refractivity contribution in [3.8, 4) is 0 Å². The number of benzene rings is 2. The minimum absolute atomic E-state index is 0.542. The number of aliphatic hydroxyl groups excluding tert-OH is 1. The van der Waals surface area contributed by atoms with Crippen molar-refractivity contribution >= 4 is 42.8 Å². The molecule has 0 spiro atoms. The molecule has 0 bridgehead atoms. The van der Waals surface area contributed by atoms with Crippen LogP contribution in [0.4, 0.5) is 0 Å². The molecular weight excluding hydrogens is 372 g/mol. The number of aliphatic hydroxyl groups is 1. The Balaban J connectivity index is 2.07. The average Bonchev–Trinajstić information content (AvgIpc) is 2.84. The Hall–Kier alpha value is -1.10. The molecule has 1 aromatic heterocycles. The zero-order valence-corrected chi connectivity index (χ0v) is 13.0. The normalized spacial score (nSPS) is 12.8. The topological polar surface area (TPSA) is 33.4 Å². The van der Waals surface area contributed by atoms with E-state index in [-0.39, 0.29) is 0 Å². The molecule has 0 aliphatic rings. The number of hydrogen-bond acceptors (Lipinski definition) is 2. The van der Waals surface area contributed by atoms with Crippen molar-refractivity contribution < 1.29 is 9.52 Å². The second-order valence-corrected chi connectivity index (χ2v) is 6.02. The van der Waals surface area contributed by atoms with E-state index in [1.54, 1.807) is 0 Å². The predicted molar refractivity (Wildman–Crippen MR) is 82.1 cm³/mol. The van der Waals surface area contributed by atoms with Crippen LogP contribution in [0.1, 0.15) is 17.4 Å². The first-order chi connectivity index (χ1) is 9.15. The second kappa shape index (κ2) is 5.12. The molecule has 2 nitrogen and oxygen atoms in total. The number of para-hydroxylation sites is 1. The summed E-state index contributed by atoms with van der Waals surface area (Å²) in [7, 11) is 0. The molecule has 1 atom stereocenters. The van der Waals surface area contributed by atoms with Crippen molar-refractivity contribution in [3.63, 3.8) is 0 Å². The first kappa shape index (κ1) is 12.9. The monoisotopic (exact) mass is 380 g/mol. The van der Waals surface area contributed by atoms with E-state index in [1.165, 1.54) is 0 Å². The van der Waals surface area contributed by atoms with E-state index < -0.39 is 6.10 Å². The van der Waals surface area contributed by atoms with Crippen LogP contribution in [-0.4, -0.2) is 5.11 Å². The molecule has 1 N–H and O–H groups in total. The van der Waals surface area contributed by atoms with Crippen LogP contribution < -0.4 is 0 Å². The molecule has 0 aliphatic carbocycles. The van der Waals surface area contributed by atoms with Gasteiger partial charge < -0.3 is 9.52 Å². The first-order valence-corrected chi connectivity index (χ1v) is 7.35. The highest BCUT2D eigenvalue weighted by Crippen LogP contribution is 2.33. The minimum atomic E-state index is -0.792. The van der Waals surface area contributed by atoms with Gasteiger partial charge in [0.15, 0.2) is 0 Å². The molecule has 0 amide bonds. The molecule has 3 aromatic rings. The highest BCUT2D eigenvalue weighted by Gasteiger charge is 2.18. The molecule has 0 aliphatic heterocycles. The van der Waals surface area contributed by atoms with Crippen LogP contribution >= 0.6 is 31.9 Å². The molecule has 0 fully saturated rings. The van der Waals surface area contributed by atoms with Crippen LogP contribution in [0.15, 0.2) is 61.9 Å². The molecule has 2 aromatic carbocycles. The smallest absolute Gasteiger partial charge is 0.138 e. The van der Waals surface area contributed by atoms with Crippen molar-refractivity contribution in [2.75, 3.05) is 0 Å². The number of rotatable bonds is 2. The van der Waals surface area contributed by atoms with E-state index in [2.05, 4.69) is 31.9 Å². The minimum Gasteiger partial charge on any atom is -0.458 e. The van der Waals surface area contributed by atoms with Gasteiger partial charge in [-0.05, 0) is 30.3 Å². The van der Waals surface area contributed by atoms with Gasteiger partial charge in [-0.1, -0.05) is 50.1 Å². The van der Waals surface area contributed by atoms with Gasteiger partial charge in [-0.25, -0.2) is 0 Å². The third kappa shape index (κ3) is 2.48. The summed E-state index contributed by atoms with van der Waals surface area (Å²) in [6.07, 6.45) is -0.792. The summed E-state index contributed by atoms with van der Waals surface area (Å²) in [5.74, 6) is 0.542. The fraction of sp³-hybridized carbons (Fsp3) is 0.0667. The summed E-state index contributed by atoms with van der Waals surface area (Å²) < 4.78 is 7.46. The van der Waals surface area contributed by atoms with E-state index in [0.717, 1.165) is 25.5 Å². The maximum absolute atomic E-state index is 10.5. The lowest BCUT2D eigenvalue weighted by Gasteiger charge is -2.10. The van der Waals surface area contributed by atoms with Crippen molar-refractivity contribution in [3.05, 3.63) is 68.8 Å². The van der Waals surface area contributed by atoms with Crippen LogP contribution in [0.5, 0.6) is 0 Å². The van der Waals surface area contributed by atoms with Crippen molar-refractivity contribution in [1.82, 2.24) is 0 Å². The van der Waals surface area contributed by atoms with Gasteiger partial charge in [0.2, 0.25) is 0 Å². The standard InChI is InChI=1S/C15H10Br2O2/c16-10-5-6-12(17)11(8-10)15(18)14-7-9-3-1-2-4-13(9)19-14/h1-8,15,18H. The van der Waals surface area contributed by atoms with Gasteiger partial charge in [0.05, 0.1) is 0 Å². The number of furan rings is 1. The maximum Gasteiger partial charge on any atom is 0.138 e. The molecule has 3 rings (SSSR count). The number of hydrogen-bond donors (Lipinski definition) is 1. The molecule has 4 heteroatoms. The summed E-state index contributed by atoms with van der Waals surface area (Å²) in [5, 5.41) is 11.4. The van der Waals surface area contributed by atoms with Crippen molar-refractivity contribution in [2.45, 2.75) is 6.10 Å². The van der Waals surface area contributed by atoms with Crippen molar-refractivity contribution in [2.24, 2.45) is 0 Å². The Labute approximate surface area is 127 Å². The molecule has 1 heterocycles. The molecule has 96 valence electrons. The van der Waals surface area contributed by atoms with Gasteiger partial charge in [0.1, 0.15) is 17.4 Å². The molecule has 0 saturated carbocycles. The molecule has 0 saturated heterocycles. The predicted octanol–water partition coefficient (Wildman–Crippen LogP) is 5.04. The summed E-state index contributed by atoms with van der Waals surface area (Å²) >= 11 is 6.86. The van der Waals surface area contributed by atoms with Crippen LogP contribution in [0.3, 0.4) is 0 Å². The van der Waals surface area contributed by atoms with Gasteiger partial charge in [-0.15, -0.1) is 0 Å². The van der Waals surface area contributed by atoms with Gasteiger partial charge in [-0.3, -0.25) is 0 Å². The summed E-state index contributed by atoms with van der Waals surface area (Å²) in [6, 6.07) is 15.3. The van der Waals surface area contributed by atoms with Gasteiger partial charge in [0.25, 0.3) is 0 Å². The number of fused-ring (bicyclic) bond motifs is 1. The average molecular weight is 382 g/mol. The summed E-state index contributed by atoms with van der Waals surface area (Å²) in [6.45, 7) is 0. The Morgan fingerprint density at radius 2 is 1.79 bits per heavy atom. The zero-order chi connectivity index (χ0) is 13.4. The Kier molecular flexibility index (Phi) is 3.48. The first-order valence-electron chi connectivity index (χ1n) is 5.76. The third-order valence-corrected chi connectivity index (χ3v) is 4.18. The SMILES string of the molecule is OC(c1cc2ccccc2o1)c1cc(Br)ccc1Br. The quantitative estimate of drug-likeness (QED) is 0.674. The second-order valence-electron chi connectivity index (χ2n) is 4.25. The van der Waals surface area contributed by atoms with Crippen LogP contribution in [0, 0.1) is 0 Å². The largest absolute Gasteiger partial charge is 0.458 e. The van der Waals surface area contributed by atoms with Crippen LogP contribution in [0.2, 0.25) is 0 Å². The fourth-order valence-corrected chi connectivity index (χ4v) is 2.86. The van der Waals surface area contributed by atoms with Gasteiger partial charge in [-0.2, -0.15) is 0 Å². The van der Waals surface area contributed by atoms with E-state index in [1.807, 2.05) is 48.5 Å². The Bertz CT molecular complexity index is 701. The molecular formula is C15H10Br2O2. The Morgan fingerprint density at radius 1 is 1.00 bits per heavy atom. The highest BCUT2D eigenvalue weighted by molar-refractivity contribution is 9.11. The van der Waals surface area contributed by atoms with Gasteiger partial charge >= 0.3 is 0 Å². The zero-order valence-electron chi connectivity index (χ0n) is 9.81. The molecule has 19 heavy (non-hydrogen) atoms. The van der Waals surface area contributed by atoms with E-state index in [9.17, 15) is 5.11 Å². The highest BCUT2D eigenvalue weighted by atomic mass is 79.9. The third-order valence-electron chi connectivity index (χ3n) is 2.97. The summed E-state index contributed by atoms with van der Waals surface area (Å²) in [5.41, 5.74) is 1.55. The molecule has 0 radical (unpaired) electrons. The van der Waals surface area contributed by atoms with E-state index in [4.69, 9.17) is 4.42 Å². The van der Waals surface area contributed by atoms with E-state index >= 15 is 0 Å². The Morgan fingerprint density at radius 3 is 2.58 bits per heavy atom. The van der Waals surface area contributed by atoms with Crippen LogP contribution in [-0.2, 0) is 0 Å².